The van der Waals surface area contributed by atoms with Crippen LogP contribution in [-0.4, -0.2) is 50.7 Å². The lowest BCUT2D eigenvalue weighted by atomic mass is 10.0. The average Bonchev–Trinajstić information content (AvgIpc) is 3.00. The zero-order valence-electron chi connectivity index (χ0n) is 13.9. The molecule has 1 aliphatic heterocycles. The smallest absolute Gasteiger partial charge is 0.412 e. The summed E-state index contributed by atoms with van der Waals surface area (Å²) in [5.74, 6) is -0.534. The van der Waals surface area contributed by atoms with Gasteiger partial charge in [0.05, 0.1) is 30.2 Å². The monoisotopic (exact) mass is 359 g/mol. The van der Waals surface area contributed by atoms with Gasteiger partial charge in [0.1, 0.15) is 6.54 Å². The van der Waals surface area contributed by atoms with Crippen LogP contribution in [-0.2, 0) is 11.3 Å². The van der Waals surface area contributed by atoms with Gasteiger partial charge < -0.3 is 15.9 Å². The average molecular weight is 359 g/mol. The fourth-order valence-corrected chi connectivity index (χ4v) is 3.04. The number of aromatic nitrogens is 2. The van der Waals surface area contributed by atoms with Crippen LogP contribution in [0.2, 0.25) is 0 Å². The number of carbonyl (C=O) groups excluding carboxylic acids is 1. The molecule has 0 radical (unpaired) electrons. The third kappa shape index (κ3) is 3.04. The van der Waals surface area contributed by atoms with Gasteiger partial charge in [0.25, 0.3) is 0 Å². The van der Waals surface area contributed by atoms with Gasteiger partial charge in [0, 0.05) is 11.8 Å². The lowest BCUT2D eigenvalue weighted by Crippen LogP contribution is -2.51. The molecule has 2 aromatic rings. The minimum Gasteiger partial charge on any atom is -0.465 e. The van der Waals surface area contributed by atoms with E-state index >= 15 is 0 Å². The van der Waals surface area contributed by atoms with Crippen LogP contribution in [0.25, 0.3) is 11.1 Å². The Kier molecular flexibility index (Phi) is 4.24. The number of benzene rings is 1. The molecule has 26 heavy (non-hydrogen) atoms. The Bertz CT molecular complexity index is 893. The molecule has 0 saturated heterocycles. The molecule has 0 bridgehead atoms. The van der Waals surface area contributed by atoms with Gasteiger partial charge >= 0.3 is 12.2 Å². The first-order valence-corrected chi connectivity index (χ1v) is 7.75. The second-order valence-electron chi connectivity index (χ2n) is 5.99. The molecule has 3 amide bonds. The number of hydrogen-bond donors (Lipinski definition) is 3. The topological polar surface area (TPSA) is 142 Å². The zero-order chi connectivity index (χ0) is 19.0. The molecule has 1 aromatic carbocycles. The first kappa shape index (κ1) is 17.3. The summed E-state index contributed by atoms with van der Waals surface area (Å²) in [7, 11) is 0. The molecule has 2 heterocycles. The lowest BCUT2D eigenvalue weighted by molar-refractivity contribution is -0.118. The molecule has 136 valence electrons. The Hall–Kier alpha value is -3.56. The molecule has 0 saturated carbocycles. The van der Waals surface area contributed by atoms with Crippen molar-refractivity contribution in [2.45, 2.75) is 19.5 Å². The van der Waals surface area contributed by atoms with Crippen molar-refractivity contribution >= 4 is 29.5 Å². The van der Waals surface area contributed by atoms with Gasteiger partial charge in [0.15, 0.2) is 0 Å². The van der Waals surface area contributed by atoms with Crippen molar-refractivity contribution in [1.29, 1.82) is 0 Å². The Morgan fingerprint density at radius 3 is 2.54 bits per heavy atom. The highest BCUT2D eigenvalue weighted by molar-refractivity contribution is 6.00. The quantitative estimate of drug-likeness (QED) is 0.756. The molecule has 1 aliphatic rings. The second kappa shape index (κ2) is 6.39. The van der Waals surface area contributed by atoms with Crippen LogP contribution in [0.1, 0.15) is 6.92 Å². The third-order valence-electron chi connectivity index (χ3n) is 4.13. The molecule has 1 aromatic heterocycles. The van der Waals surface area contributed by atoms with Gasteiger partial charge in [-0.1, -0.05) is 6.07 Å². The second-order valence-corrected chi connectivity index (χ2v) is 5.99. The first-order valence-electron chi connectivity index (χ1n) is 7.75. The van der Waals surface area contributed by atoms with E-state index in [2.05, 4.69) is 5.10 Å². The summed E-state index contributed by atoms with van der Waals surface area (Å²) < 4.78 is 1.37. The first-order chi connectivity index (χ1) is 12.3. The number of fused-ring (bicyclic) bond motifs is 1. The Labute approximate surface area is 148 Å². The molecule has 0 spiro atoms. The maximum Gasteiger partial charge on any atom is 0.412 e. The van der Waals surface area contributed by atoms with E-state index in [1.54, 1.807) is 31.3 Å². The van der Waals surface area contributed by atoms with Crippen molar-refractivity contribution in [3.63, 3.8) is 0 Å². The summed E-state index contributed by atoms with van der Waals surface area (Å²) >= 11 is 0. The number of carboxylic acid groups (broad SMARTS) is 2. The number of carbonyl (C=O) groups is 3. The van der Waals surface area contributed by atoms with Crippen LogP contribution in [0.4, 0.5) is 21.0 Å². The minimum absolute atomic E-state index is 0.0268. The van der Waals surface area contributed by atoms with E-state index in [1.165, 1.54) is 10.9 Å². The normalized spacial score (nSPS) is 16.3. The molecule has 0 unspecified atom stereocenters. The number of primary amides is 1. The summed E-state index contributed by atoms with van der Waals surface area (Å²) in [5.41, 5.74) is 7.01. The van der Waals surface area contributed by atoms with E-state index in [0.717, 1.165) is 9.80 Å². The SMILES string of the molecule is C[C@H]1CN(C(=O)O)c2cc(-c3cnn(CC(N)=O)c3)ccc2N1C(=O)O. The zero-order valence-corrected chi connectivity index (χ0v) is 13.9. The molecule has 1 atom stereocenters. The van der Waals surface area contributed by atoms with E-state index in [0.29, 0.717) is 16.8 Å². The lowest BCUT2D eigenvalue weighted by Gasteiger charge is -2.38. The molecule has 3 rings (SSSR count). The summed E-state index contributed by atoms with van der Waals surface area (Å²) in [4.78, 5) is 36.4. The highest BCUT2D eigenvalue weighted by Crippen LogP contribution is 2.38. The van der Waals surface area contributed by atoms with Crippen LogP contribution >= 0.6 is 0 Å². The molecule has 4 N–H and O–H groups in total. The van der Waals surface area contributed by atoms with Crippen LogP contribution in [0, 0.1) is 0 Å². The fraction of sp³-hybridized carbons (Fsp3) is 0.250. The van der Waals surface area contributed by atoms with Crippen molar-refractivity contribution < 1.29 is 24.6 Å². The molecular weight excluding hydrogens is 342 g/mol. The predicted molar refractivity (Wildman–Crippen MR) is 92.2 cm³/mol. The van der Waals surface area contributed by atoms with Gasteiger partial charge in [-0.2, -0.15) is 5.10 Å². The van der Waals surface area contributed by atoms with Gasteiger partial charge in [-0.25, -0.2) is 9.59 Å². The van der Waals surface area contributed by atoms with Gasteiger partial charge in [-0.3, -0.25) is 19.3 Å². The molecule has 0 fully saturated rings. The van der Waals surface area contributed by atoms with E-state index < -0.39 is 24.1 Å². The number of anilines is 2. The van der Waals surface area contributed by atoms with Crippen LogP contribution in [0.5, 0.6) is 0 Å². The Morgan fingerprint density at radius 1 is 1.19 bits per heavy atom. The molecule has 10 heteroatoms. The van der Waals surface area contributed by atoms with Crippen LogP contribution in [0.15, 0.2) is 30.6 Å². The van der Waals surface area contributed by atoms with Crippen molar-refractivity contribution in [2.24, 2.45) is 5.73 Å². The van der Waals surface area contributed by atoms with Crippen LogP contribution in [0.3, 0.4) is 0 Å². The summed E-state index contributed by atoms with van der Waals surface area (Å²) in [6.45, 7) is 1.60. The van der Waals surface area contributed by atoms with Crippen molar-refractivity contribution in [3.05, 3.63) is 30.6 Å². The number of hydrogen-bond acceptors (Lipinski definition) is 4. The number of nitrogens with zero attached hydrogens (tertiary/aromatic N) is 4. The number of rotatable bonds is 3. The minimum atomic E-state index is -1.16. The van der Waals surface area contributed by atoms with Crippen molar-refractivity contribution in [1.82, 2.24) is 9.78 Å². The number of amides is 3. The molecule has 0 aliphatic carbocycles. The van der Waals surface area contributed by atoms with E-state index in [1.807, 2.05) is 0 Å². The highest BCUT2D eigenvalue weighted by Gasteiger charge is 2.35. The predicted octanol–water partition coefficient (Wildman–Crippen LogP) is 1.41. The largest absolute Gasteiger partial charge is 0.465 e. The van der Waals surface area contributed by atoms with Gasteiger partial charge in [0.2, 0.25) is 5.91 Å². The Morgan fingerprint density at radius 2 is 1.92 bits per heavy atom. The molecular formula is C16H17N5O5. The van der Waals surface area contributed by atoms with E-state index in [4.69, 9.17) is 5.73 Å². The van der Waals surface area contributed by atoms with Gasteiger partial charge in [-0.15, -0.1) is 0 Å². The summed E-state index contributed by atoms with van der Waals surface area (Å²) in [6, 6.07) is 4.32. The summed E-state index contributed by atoms with van der Waals surface area (Å²) in [5, 5.41) is 23.0. The van der Waals surface area contributed by atoms with Gasteiger partial charge in [-0.05, 0) is 24.6 Å². The highest BCUT2D eigenvalue weighted by atomic mass is 16.4. The maximum absolute atomic E-state index is 11.6. The van der Waals surface area contributed by atoms with E-state index in [9.17, 15) is 24.6 Å². The Balaban J connectivity index is 2.05. The van der Waals surface area contributed by atoms with E-state index in [-0.39, 0.29) is 18.8 Å². The summed E-state index contributed by atoms with van der Waals surface area (Å²) in [6.07, 6.45) is 0.823. The van der Waals surface area contributed by atoms with Crippen molar-refractivity contribution in [3.8, 4) is 11.1 Å². The van der Waals surface area contributed by atoms with Crippen LogP contribution < -0.4 is 15.5 Å². The van der Waals surface area contributed by atoms with Crippen molar-refractivity contribution in [2.75, 3.05) is 16.3 Å². The number of nitrogens with two attached hydrogens (primary N) is 1. The maximum atomic E-state index is 11.6. The molecule has 10 nitrogen and oxygen atoms in total. The third-order valence-corrected chi connectivity index (χ3v) is 4.13. The fourth-order valence-electron chi connectivity index (χ4n) is 3.04. The standard InChI is InChI=1S/C16H17N5O5/c1-9-6-20(15(23)24)13-4-10(2-3-12(13)21(9)16(25)26)11-5-18-19(7-11)8-14(17)22/h2-5,7,9H,6,8H2,1H3,(H2,17,22)(H,23,24)(H,25,26)/t9-/m0/s1.